The lowest BCUT2D eigenvalue weighted by Gasteiger charge is -2.13. The molecule has 2 aromatic rings. The van der Waals surface area contributed by atoms with E-state index in [9.17, 15) is 4.79 Å². The fraction of sp³-hybridized carbons (Fsp3) is 0.500. The maximum Gasteiger partial charge on any atom is 0.241 e. The first-order valence-corrected chi connectivity index (χ1v) is 6.58. The van der Waals surface area contributed by atoms with Crippen molar-refractivity contribution in [2.45, 2.75) is 26.2 Å². The number of carbonyl (C=O) groups is 1. The van der Waals surface area contributed by atoms with Gasteiger partial charge in [0.2, 0.25) is 5.91 Å². The lowest BCUT2D eigenvalue weighted by atomic mass is 9.92. The maximum absolute atomic E-state index is 11.6. The van der Waals surface area contributed by atoms with Crippen LogP contribution in [-0.4, -0.2) is 46.0 Å². The molecule has 0 spiro atoms. The van der Waals surface area contributed by atoms with Crippen molar-refractivity contribution in [3.8, 4) is 0 Å². The Morgan fingerprint density at radius 1 is 1.40 bits per heavy atom. The molecule has 20 heavy (non-hydrogen) atoms. The van der Waals surface area contributed by atoms with Crippen molar-refractivity contribution in [1.29, 1.82) is 0 Å². The van der Waals surface area contributed by atoms with Gasteiger partial charge >= 0.3 is 0 Å². The van der Waals surface area contributed by atoms with Gasteiger partial charge in [0.1, 0.15) is 5.52 Å². The summed E-state index contributed by atoms with van der Waals surface area (Å²) in [6.07, 6.45) is 3.48. The summed E-state index contributed by atoms with van der Waals surface area (Å²) in [5, 5.41) is 7.62. The molecule has 0 aliphatic carbocycles. The van der Waals surface area contributed by atoms with E-state index in [4.69, 9.17) is 0 Å². The van der Waals surface area contributed by atoms with Gasteiger partial charge in [0.15, 0.2) is 5.82 Å². The number of hydrogen-bond acceptors (Lipinski definition) is 4. The number of nitrogens with zero attached hydrogens (tertiary/aromatic N) is 4. The number of nitrogens with one attached hydrogen (secondary N) is 1. The van der Waals surface area contributed by atoms with E-state index in [1.165, 1.54) is 0 Å². The number of amides is 1. The topological polar surface area (TPSA) is 62.5 Å². The van der Waals surface area contributed by atoms with Gasteiger partial charge in [-0.05, 0) is 6.07 Å². The second-order valence-corrected chi connectivity index (χ2v) is 6.03. The fourth-order valence-corrected chi connectivity index (χ4v) is 1.74. The van der Waals surface area contributed by atoms with Crippen LogP contribution in [0.4, 0.5) is 5.82 Å². The van der Waals surface area contributed by atoms with Crippen molar-refractivity contribution in [3.05, 3.63) is 24.2 Å². The Balaban J connectivity index is 2.30. The lowest BCUT2D eigenvalue weighted by molar-refractivity contribution is -0.126. The second-order valence-electron chi connectivity index (χ2n) is 6.03. The highest BCUT2D eigenvalue weighted by Crippen LogP contribution is 2.24. The second kappa shape index (κ2) is 5.11. The minimum Gasteiger partial charge on any atom is -0.359 e. The number of fused-ring (bicyclic) bond motifs is 1. The van der Waals surface area contributed by atoms with E-state index in [0.717, 1.165) is 11.2 Å². The zero-order chi connectivity index (χ0) is 14.9. The molecule has 0 aromatic carbocycles. The Morgan fingerprint density at radius 2 is 2.10 bits per heavy atom. The summed E-state index contributed by atoms with van der Waals surface area (Å²) >= 11 is 0. The van der Waals surface area contributed by atoms with Crippen LogP contribution in [0, 0.1) is 0 Å². The van der Waals surface area contributed by atoms with E-state index < -0.39 is 0 Å². The summed E-state index contributed by atoms with van der Waals surface area (Å²) in [6, 6.07) is 2.01. The van der Waals surface area contributed by atoms with Crippen molar-refractivity contribution in [2.75, 3.05) is 26.0 Å². The molecular weight excluding hydrogens is 254 g/mol. The summed E-state index contributed by atoms with van der Waals surface area (Å²) in [5.74, 6) is 0.676. The van der Waals surface area contributed by atoms with Crippen molar-refractivity contribution in [2.24, 2.45) is 0 Å². The van der Waals surface area contributed by atoms with Gasteiger partial charge in [-0.15, -0.1) is 0 Å². The highest BCUT2D eigenvalue weighted by molar-refractivity contribution is 5.81. The minimum atomic E-state index is -0.0251. The molecule has 0 saturated heterocycles. The average Bonchev–Trinajstić information content (AvgIpc) is 2.79. The van der Waals surface area contributed by atoms with Gasteiger partial charge in [-0.3, -0.25) is 4.79 Å². The van der Waals surface area contributed by atoms with E-state index in [1.807, 2.05) is 12.3 Å². The summed E-state index contributed by atoms with van der Waals surface area (Å²) in [7, 11) is 3.46. The summed E-state index contributed by atoms with van der Waals surface area (Å²) in [4.78, 5) is 17.5. The predicted molar refractivity (Wildman–Crippen MR) is 78.9 cm³/mol. The third kappa shape index (κ3) is 2.89. The van der Waals surface area contributed by atoms with Gasteiger partial charge in [0.05, 0.1) is 12.2 Å². The zero-order valence-corrected chi connectivity index (χ0v) is 12.6. The van der Waals surface area contributed by atoms with Crippen LogP contribution in [-0.2, 0) is 10.2 Å². The summed E-state index contributed by atoms with van der Waals surface area (Å²) in [6.45, 7) is 6.57. The quantitative estimate of drug-likeness (QED) is 0.922. The fourth-order valence-electron chi connectivity index (χ4n) is 1.74. The molecule has 0 aliphatic heterocycles. The van der Waals surface area contributed by atoms with Crippen LogP contribution in [0.1, 0.15) is 26.5 Å². The largest absolute Gasteiger partial charge is 0.359 e. The molecule has 6 heteroatoms. The molecule has 0 saturated carbocycles. The van der Waals surface area contributed by atoms with Crippen LogP contribution in [0.15, 0.2) is 18.5 Å². The molecule has 2 heterocycles. The van der Waals surface area contributed by atoms with Crippen LogP contribution in [0.3, 0.4) is 0 Å². The molecule has 0 fully saturated rings. The first kappa shape index (κ1) is 14.3. The van der Waals surface area contributed by atoms with Crippen LogP contribution in [0.2, 0.25) is 0 Å². The number of carbonyl (C=O) groups excluding carboxylic acids is 1. The zero-order valence-electron chi connectivity index (χ0n) is 12.6. The van der Waals surface area contributed by atoms with E-state index in [0.29, 0.717) is 5.82 Å². The van der Waals surface area contributed by atoms with Gasteiger partial charge in [0, 0.05) is 31.9 Å². The molecule has 0 radical (unpaired) electrons. The van der Waals surface area contributed by atoms with Crippen molar-refractivity contribution >= 4 is 17.2 Å². The van der Waals surface area contributed by atoms with E-state index in [-0.39, 0.29) is 17.9 Å². The Morgan fingerprint density at radius 3 is 2.70 bits per heavy atom. The molecular formula is C14H21N5O. The first-order valence-electron chi connectivity index (χ1n) is 6.58. The highest BCUT2D eigenvalue weighted by Gasteiger charge is 2.19. The Bertz CT molecular complexity index is 624. The normalized spacial score (nSPS) is 11.7. The standard InChI is InChI=1S/C14H21N5O/c1-14(2,3)11-8-10-13(15-6-7-19(10)17-11)16-9-12(20)18(4)5/h6-8H,9H2,1-5H3,(H,15,16). The Hall–Kier alpha value is -2.11. The van der Waals surface area contributed by atoms with Crippen LogP contribution < -0.4 is 5.32 Å². The molecule has 1 N–H and O–H groups in total. The number of rotatable bonds is 3. The smallest absolute Gasteiger partial charge is 0.241 e. The number of hydrogen-bond donors (Lipinski definition) is 1. The summed E-state index contributed by atoms with van der Waals surface area (Å²) in [5.41, 5.74) is 1.85. The number of aromatic nitrogens is 3. The molecule has 0 aliphatic rings. The lowest BCUT2D eigenvalue weighted by Crippen LogP contribution is -2.28. The van der Waals surface area contributed by atoms with Gasteiger partial charge in [-0.25, -0.2) is 9.50 Å². The van der Waals surface area contributed by atoms with Gasteiger partial charge in [0.25, 0.3) is 0 Å². The summed E-state index contributed by atoms with van der Waals surface area (Å²) < 4.78 is 1.79. The monoisotopic (exact) mass is 275 g/mol. The average molecular weight is 275 g/mol. The van der Waals surface area contributed by atoms with E-state index in [1.54, 1.807) is 29.7 Å². The van der Waals surface area contributed by atoms with Crippen molar-refractivity contribution in [1.82, 2.24) is 19.5 Å². The molecule has 0 atom stereocenters. The number of anilines is 1. The molecule has 108 valence electrons. The van der Waals surface area contributed by atoms with E-state index in [2.05, 4.69) is 36.2 Å². The predicted octanol–water partition coefficient (Wildman–Crippen LogP) is 1.53. The molecule has 2 rings (SSSR count). The van der Waals surface area contributed by atoms with Gasteiger partial charge < -0.3 is 10.2 Å². The van der Waals surface area contributed by atoms with Crippen LogP contribution >= 0.6 is 0 Å². The molecule has 0 bridgehead atoms. The molecule has 6 nitrogen and oxygen atoms in total. The SMILES string of the molecule is CN(C)C(=O)CNc1nccn2nc(C(C)(C)C)cc12. The number of likely N-dealkylation sites (N-methyl/N-ethyl adjacent to an activating group) is 1. The highest BCUT2D eigenvalue weighted by atomic mass is 16.2. The molecule has 0 unspecified atom stereocenters. The van der Waals surface area contributed by atoms with Crippen molar-refractivity contribution in [3.63, 3.8) is 0 Å². The van der Waals surface area contributed by atoms with E-state index >= 15 is 0 Å². The first-order chi connectivity index (χ1) is 9.29. The Labute approximate surface area is 118 Å². The van der Waals surface area contributed by atoms with Crippen LogP contribution in [0.5, 0.6) is 0 Å². The van der Waals surface area contributed by atoms with Gasteiger partial charge in [-0.2, -0.15) is 5.10 Å². The minimum absolute atomic E-state index is 0.00404. The van der Waals surface area contributed by atoms with Crippen LogP contribution in [0.25, 0.3) is 5.52 Å². The van der Waals surface area contributed by atoms with Gasteiger partial charge in [-0.1, -0.05) is 20.8 Å². The van der Waals surface area contributed by atoms with Crippen molar-refractivity contribution < 1.29 is 4.79 Å². The maximum atomic E-state index is 11.6. The Kier molecular flexibility index (Phi) is 3.65. The molecule has 1 amide bonds. The third-order valence-electron chi connectivity index (χ3n) is 3.06. The third-order valence-corrected chi connectivity index (χ3v) is 3.06. The molecule has 2 aromatic heterocycles.